The Morgan fingerprint density at radius 1 is 0.810 bits per heavy atom. The molecule has 4 nitrogen and oxygen atoms in total. The van der Waals surface area contributed by atoms with Crippen LogP contribution in [0.25, 0.3) is 0 Å². The molecule has 2 rings (SSSR count). The van der Waals surface area contributed by atoms with Crippen LogP contribution in [0.3, 0.4) is 0 Å². The largest absolute Gasteiger partial charge is 0.462 e. The van der Waals surface area contributed by atoms with Crippen molar-refractivity contribution < 1.29 is 19.1 Å². The van der Waals surface area contributed by atoms with Gasteiger partial charge in [0, 0.05) is 0 Å². The summed E-state index contributed by atoms with van der Waals surface area (Å²) in [5, 5.41) is 0. The second kappa shape index (κ2) is 4.99. The van der Waals surface area contributed by atoms with Gasteiger partial charge in [-0.05, 0) is 64.2 Å². The Morgan fingerprint density at radius 2 is 1.19 bits per heavy atom. The summed E-state index contributed by atoms with van der Waals surface area (Å²) in [5.74, 6) is -0.808. The molecule has 0 aliphatic heterocycles. The number of esters is 2. The third-order valence-electron chi connectivity index (χ3n) is 4.53. The Labute approximate surface area is 127 Å². The summed E-state index contributed by atoms with van der Waals surface area (Å²) >= 11 is 0. The van der Waals surface area contributed by atoms with Gasteiger partial charge in [-0.2, -0.15) is 0 Å². The van der Waals surface area contributed by atoms with Crippen LogP contribution in [0, 0.1) is 16.2 Å². The summed E-state index contributed by atoms with van der Waals surface area (Å²) in [5.41, 5.74) is -0.587. The molecular weight excluding hydrogens is 268 g/mol. The number of hydrogen-bond donors (Lipinski definition) is 0. The van der Waals surface area contributed by atoms with Gasteiger partial charge in [0.1, 0.15) is 0 Å². The first-order valence-electron chi connectivity index (χ1n) is 7.93. The fourth-order valence-electron chi connectivity index (χ4n) is 4.48. The molecule has 2 aliphatic rings. The number of carbonyl (C=O) groups is 2. The van der Waals surface area contributed by atoms with Gasteiger partial charge in [-0.25, -0.2) is 0 Å². The molecule has 0 bridgehead atoms. The van der Waals surface area contributed by atoms with Gasteiger partial charge in [0.15, 0.2) is 5.41 Å². The molecular formula is C17H28O4. The zero-order valence-electron chi connectivity index (χ0n) is 14.1. The third-order valence-corrected chi connectivity index (χ3v) is 4.53. The second-order valence-corrected chi connectivity index (χ2v) is 8.36. The molecule has 0 unspecified atom stereocenters. The van der Waals surface area contributed by atoms with Crippen LogP contribution >= 0.6 is 0 Å². The van der Waals surface area contributed by atoms with Crippen LogP contribution in [0.15, 0.2) is 0 Å². The van der Waals surface area contributed by atoms with E-state index in [1.54, 1.807) is 27.7 Å². The monoisotopic (exact) mass is 296 g/mol. The van der Waals surface area contributed by atoms with Crippen molar-refractivity contribution in [2.24, 2.45) is 16.2 Å². The van der Waals surface area contributed by atoms with Crippen LogP contribution in [0.2, 0.25) is 0 Å². The van der Waals surface area contributed by atoms with E-state index in [0.29, 0.717) is 18.3 Å². The minimum atomic E-state index is -1.06. The fraction of sp³-hybridized carbons (Fsp3) is 0.882. The highest BCUT2D eigenvalue weighted by molar-refractivity contribution is 6.01. The van der Waals surface area contributed by atoms with E-state index >= 15 is 0 Å². The number of rotatable bonds is 4. The Hall–Kier alpha value is -1.06. The van der Waals surface area contributed by atoms with E-state index in [1.807, 2.05) is 0 Å². The summed E-state index contributed by atoms with van der Waals surface area (Å²) < 4.78 is 10.7. The number of hydrogen-bond acceptors (Lipinski definition) is 4. The van der Waals surface area contributed by atoms with E-state index in [-0.39, 0.29) is 17.6 Å². The quantitative estimate of drug-likeness (QED) is 0.589. The second-order valence-electron chi connectivity index (χ2n) is 8.36. The molecule has 21 heavy (non-hydrogen) atoms. The molecule has 120 valence electrons. The molecule has 0 heterocycles. The highest BCUT2D eigenvalue weighted by Crippen LogP contribution is 2.70. The highest BCUT2D eigenvalue weighted by atomic mass is 16.6. The van der Waals surface area contributed by atoms with Crippen molar-refractivity contribution in [3.05, 3.63) is 0 Å². The SMILES string of the molecule is CC(C)OC(=O)C1(C(=O)OC(C)C)CC2(CC(C)(C)C2)C1. The molecule has 0 amide bonds. The summed E-state index contributed by atoms with van der Waals surface area (Å²) in [6.07, 6.45) is 2.89. The smallest absolute Gasteiger partial charge is 0.323 e. The lowest BCUT2D eigenvalue weighted by Crippen LogP contribution is -2.63. The summed E-state index contributed by atoms with van der Waals surface area (Å²) in [6, 6.07) is 0. The van der Waals surface area contributed by atoms with E-state index in [9.17, 15) is 9.59 Å². The lowest BCUT2D eigenvalue weighted by Gasteiger charge is -2.64. The van der Waals surface area contributed by atoms with E-state index in [1.165, 1.54) is 0 Å². The first-order chi connectivity index (χ1) is 9.50. The van der Waals surface area contributed by atoms with Crippen LogP contribution in [0.5, 0.6) is 0 Å². The molecule has 0 aromatic rings. The maximum atomic E-state index is 12.4. The highest BCUT2D eigenvalue weighted by Gasteiger charge is 2.69. The standard InChI is InChI=1S/C17H28O4/c1-11(2)20-13(18)17(14(19)21-12(3)4)9-16(10-17)7-15(5,6)8-16/h11-12H,7-10H2,1-6H3. The molecule has 2 fully saturated rings. The average Bonchev–Trinajstić information content (AvgIpc) is 2.18. The van der Waals surface area contributed by atoms with Crippen LogP contribution in [0.4, 0.5) is 0 Å². The lowest BCUT2D eigenvalue weighted by atomic mass is 9.39. The van der Waals surface area contributed by atoms with Gasteiger partial charge in [0.05, 0.1) is 12.2 Å². The van der Waals surface area contributed by atoms with E-state index < -0.39 is 17.4 Å². The van der Waals surface area contributed by atoms with Crippen molar-refractivity contribution in [2.75, 3.05) is 0 Å². The van der Waals surface area contributed by atoms with Crippen molar-refractivity contribution in [2.45, 2.75) is 79.4 Å². The molecule has 2 saturated carbocycles. The molecule has 0 aromatic carbocycles. The zero-order valence-corrected chi connectivity index (χ0v) is 14.1. The lowest BCUT2D eigenvalue weighted by molar-refractivity contribution is -0.214. The van der Waals surface area contributed by atoms with Gasteiger partial charge in [0.25, 0.3) is 0 Å². The molecule has 0 N–H and O–H groups in total. The first kappa shape index (κ1) is 16.3. The third kappa shape index (κ3) is 2.95. The minimum absolute atomic E-state index is 0.148. The Bertz CT molecular complexity index is 408. The Morgan fingerprint density at radius 3 is 1.48 bits per heavy atom. The molecule has 0 aromatic heterocycles. The van der Waals surface area contributed by atoms with Crippen molar-refractivity contribution in [1.29, 1.82) is 0 Å². The van der Waals surface area contributed by atoms with E-state index in [0.717, 1.165) is 12.8 Å². The molecule has 0 saturated heterocycles. The topological polar surface area (TPSA) is 52.6 Å². The molecule has 4 heteroatoms. The fourth-order valence-corrected chi connectivity index (χ4v) is 4.48. The van der Waals surface area contributed by atoms with Crippen molar-refractivity contribution in [1.82, 2.24) is 0 Å². The van der Waals surface area contributed by atoms with E-state index in [4.69, 9.17) is 9.47 Å². The van der Waals surface area contributed by atoms with Gasteiger partial charge >= 0.3 is 11.9 Å². The van der Waals surface area contributed by atoms with Gasteiger partial charge < -0.3 is 9.47 Å². The maximum absolute atomic E-state index is 12.4. The van der Waals surface area contributed by atoms with Gasteiger partial charge in [-0.1, -0.05) is 13.8 Å². The van der Waals surface area contributed by atoms with E-state index in [2.05, 4.69) is 13.8 Å². The molecule has 1 spiro atoms. The zero-order chi connectivity index (χ0) is 16.1. The predicted octanol–water partition coefficient (Wildman–Crippen LogP) is 3.48. The molecule has 0 atom stereocenters. The van der Waals surface area contributed by atoms with Crippen LogP contribution in [0.1, 0.15) is 67.2 Å². The van der Waals surface area contributed by atoms with Crippen LogP contribution in [-0.4, -0.2) is 24.1 Å². The number of carbonyl (C=O) groups excluding carboxylic acids is 2. The molecule has 0 radical (unpaired) electrons. The van der Waals surface area contributed by atoms with Crippen LogP contribution in [-0.2, 0) is 19.1 Å². The summed E-state index contributed by atoms with van der Waals surface area (Å²) in [4.78, 5) is 24.9. The minimum Gasteiger partial charge on any atom is -0.462 e. The maximum Gasteiger partial charge on any atom is 0.323 e. The van der Waals surface area contributed by atoms with Crippen molar-refractivity contribution >= 4 is 11.9 Å². The van der Waals surface area contributed by atoms with Gasteiger partial charge in [-0.3, -0.25) is 9.59 Å². The van der Waals surface area contributed by atoms with Crippen molar-refractivity contribution in [3.8, 4) is 0 Å². The van der Waals surface area contributed by atoms with Gasteiger partial charge in [0.2, 0.25) is 0 Å². The summed E-state index contributed by atoms with van der Waals surface area (Å²) in [6.45, 7) is 11.7. The van der Waals surface area contributed by atoms with Crippen LogP contribution < -0.4 is 0 Å². The normalized spacial score (nSPS) is 24.4. The average molecular weight is 296 g/mol. The predicted molar refractivity (Wildman–Crippen MR) is 79.6 cm³/mol. The first-order valence-corrected chi connectivity index (χ1v) is 7.93. The van der Waals surface area contributed by atoms with Gasteiger partial charge in [-0.15, -0.1) is 0 Å². The summed E-state index contributed by atoms with van der Waals surface area (Å²) in [7, 11) is 0. The molecule has 2 aliphatic carbocycles. The Balaban J connectivity index is 2.11. The van der Waals surface area contributed by atoms with Crippen molar-refractivity contribution in [3.63, 3.8) is 0 Å². The number of ether oxygens (including phenoxy) is 2. The Kier molecular flexibility index (Phi) is 3.88.